The molecule has 0 aliphatic carbocycles. The minimum atomic E-state index is -0.477. The quantitative estimate of drug-likeness (QED) is 0.582. The van der Waals surface area contributed by atoms with Crippen molar-refractivity contribution in [2.24, 2.45) is 0 Å². The number of phenolic OH excluding ortho intramolecular Hbond substituents is 1. The number of rotatable bonds is 7. The number of cyclic esters (lactones) is 1. The third kappa shape index (κ3) is 3.74. The summed E-state index contributed by atoms with van der Waals surface area (Å²) in [5.41, 5.74) is 0.173. The Bertz CT molecular complexity index is 854. The molecule has 1 aliphatic heterocycles. The highest BCUT2D eigenvalue weighted by Gasteiger charge is 2.33. The maximum Gasteiger partial charge on any atom is 0.412 e. The molecule has 1 saturated heterocycles. The number of halogens is 1. The topological polar surface area (TPSA) is 105 Å². The van der Waals surface area contributed by atoms with Crippen LogP contribution in [0.1, 0.15) is 5.56 Å². The second-order valence-electron chi connectivity index (χ2n) is 5.56. The van der Waals surface area contributed by atoms with Crippen molar-refractivity contribution < 1.29 is 24.1 Å². The summed E-state index contributed by atoms with van der Waals surface area (Å²) in [5.74, 6) is 0.481. The molecule has 1 atom stereocenters. The van der Waals surface area contributed by atoms with Crippen molar-refractivity contribution in [3.05, 3.63) is 30.0 Å². The van der Waals surface area contributed by atoms with Crippen molar-refractivity contribution >= 4 is 28.5 Å². The molecule has 1 N–H and O–H groups in total. The molecule has 1 aromatic carbocycles. The zero-order valence-corrected chi connectivity index (χ0v) is 14.5. The van der Waals surface area contributed by atoms with E-state index in [1.165, 1.54) is 11.0 Å². The van der Waals surface area contributed by atoms with Gasteiger partial charge in [-0.1, -0.05) is 0 Å². The molecule has 8 nitrogen and oxygen atoms in total. The molecular weight excluding hydrogens is 362 g/mol. The molecule has 1 aromatic heterocycles. The van der Waals surface area contributed by atoms with Gasteiger partial charge in [-0.25, -0.2) is 9.78 Å². The van der Waals surface area contributed by atoms with E-state index in [2.05, 4.69) is 4.98 Å². The second kappa shape index (κ2) is 8.08. The predicted molar refractivity (Wildman–Crippen MR) is 92.1 cm³/mol. The molecule has 2 heterocycles. The highest BCUT2D eigenvalue weighted by atomic mass is 35.5. The van der Waals surface area contributed by atoms with Gasteiger partial charge in [0.25, 0.3) is 0 Å². The fourth-order valence-corrected chi connectivity index (χ4v) is 2.67. The fourth-order valence-electron chi connectivity index (χ4n) is 2.57. The predicted octanol–water partition coefficient (Wildman–Crippen LogP) is 2.22. The summed E-state index contributed by atoms with van der Waals surface area (Å²) in [6, 6.07) is 6.31. The first-order valence-electron chi connectivity index (χ1n) is 7.85. The third-order valence-electron chi connectivity index (χ3n) is 3.90. The second-order valence-corrected chi connectivity index (χ2v) is 5.93. The van der Waals surface area contributed by atoms with Crippen LogP contribution in [0.3, 0.4) is 0 Å². The third-order valence-corrected chi connectivity index (χ3v) is 4.06. The van der Waals surface area contributed by atoms with Crippen LogP contribution < -0.4 is 4.74 Å². The lowest BCUT2D eigenvalue weighted by Crippen LogP contribution is -2.39. The van der Waals surface area contributed by atoms with Gasteiger partial charge in [0.2, 0.25) is 5.88 Å². The van der Waals surface area contributed by atoms with Crippen molar-refractivity contribution in [1.82, 2.24) is 9.88 Å². The summed E-state index contributed by atoms with van der Waals surface area (Å²) in [4.78, 5) is 17.4. The van der Waals surface area contributed by atoms with Gasteiger partial charge in [0.15, 0.2) is 0 Å². The molecule has 9 heteroatoms. The van der Waals surface area contributed by atoms with Crippen molar-refractivity contribution in [3.8, 4) is 17.7 Å². The van der Waals surface area contributed by atoms with E-state index in [1.54, 1.807) is 18.3 Å². The van der Waals surface area contributed by atoms with Gasteiger partial charge in [0.1, 0.15) is 37.8 Å². The summed E-state index contributed by atoms with van der Waals surface area (Å²) < 4.78 is 16.1. The van der Waals surface area contributed by atoms with Crippen LogP contribution in [0.2, 0.25) is 0 Å². The zero-order valence-electron chi connectivity index (χ0n) is 13.7. The Hall–Kier alpha value is -2.76. The average Bonchev–Trinajstić information content (AvgIpc) is 2.99. The van der Waals surface area contributed by atoms with Crippen molar-refractivity contribution in [2.45, 2.75) is 6.04 Å². The summed E-state index contributed by atoms with van der Waals surface area (Å²) in [6.07, 6.45) is 1.07. The molecule has 1 unspecified atom stereocenters. The van der Waals surface area contributed by atoms with Gasteiger partial charge in [-0.15, -0.1) is 11.6 Å². The van der Waals surface area contributed by atoms with Gasteiger partial charge in [-0.3, -0.25) is 4.90 Å². The molecule has 136 valence electrons. The van der Waals surface area contributed by atoms with Gasteiger partial charge < -0.3 is 19.3 Å². The number of hydrogen-bond donors (Lipinski definition) is 1. The highest BCUT2D eigenvalue weighted by molar-refractivity contribution is 6.17. The van der Waals surface area contributed by atoms with Crippen molar-refractivity contribution in [3.63, 3.8) is 0 Å². The Labute approximate surface area is 154 Å². The smallest absolute Gasteiger partial charge is 0.412 e. The van der Waals surface area contributed by atoms with E-state index < -0.39 is 6.09 Å². The van der Waals surface area contributed by atoms with Crippen LogP contribution >= 0.6 is 11.6 Å². The highest BCUT2D eigenvalue weighted by Crippen LogP contribution is 2.30. The lowest BCUT2D eigenvalue weighted by atomic mass is 10.1. The number of aromatic nitrogens is 1. The van der Waals surface area contributed by atoms with E-state index in [-0.39, 0.29) is 37.3 Å². The number of alkyl halides is 1. The molecule has 3 rings (SSSR count). The van der Waals surface area contributed by atoms with E-state index in [9.17, 15) is 9.90 Å². The Morgan fingerprint density at radius 3 is 3.12 bits per heavy atom. The summed E-state index contributed by atoms with van der Waals surface area (Å²) in [6.45, 7) is 0.708. The lowest BCUT2D eigenvalue weighted by molar-refractivity contribution is 0.0377. The van der Waals surface area contributed by atoms with E-state index in [0.717, 1.165) is 0 Å². The number of amides is 1. The molecule has 0 bridgehead atoms. The summed E-state index contributed by atoms with van der Waals surface area (Å²) in [5, 5.41) is 20.2. The maximum atomic E-state index is 11.8. The van der Waals surface area contributed by atoms with Gasteiger partial charge in [-0.05, 0) is 23.6 Å². The fraction of sp³-hybridized carbons (Fsp3) is 0.353. The van der Waals surface area contributed by atoms with E-state index in [0.29, 0.717) is 29.1 Å². The van der Waals surface area contributed by atoms with Crippen LogP contribution in [0.4, 0.5) is 4.79 Å². The van der Waals surface area contributed by atoms with E-state index in [1.807, 2.05) is 6.07 Å². The monoisotopic (exact) mass is 377 g/mol. The number of fused-ring (bicyclic) bond motifs is 1. The van der Waals surface area contributed by atoms with Crippen LogP contribution in [-0.4, -0.2) is 59.6 Å². The summed E-state index contributed by atoms with van der Waals surface area (Å²) in [7, 11) is 0. The SMILES string of the molecule is N#Cc1cc2ccnc(OCC3COC(=O)N3COCCCl)c2cc1O. The van der Waals surface area contributed by atoms with E-state index in [4.69, 9.17) is 31.1 Å². The number of benzene rings is 1. The average molecular weight is 378 g/mol. The van der Waals surface area contributed by atoms with Crippen LogP contribution in [0.5, 0.6) is 11.6 Å². The number of phenols is 1. The summed E-state index contributed by atoms with van der Waals surface area (Å²) >= 11 is 5.56. The Morgan fingerprint density at radius 1 is 1.50 bits per heavy atom. The van der Waals surface area contributed by atoms with Gasteiger partial charge >= 0.3 is 6.09 Å². The van der Waals surface area contributed by atoms with Crippen LogP contribution in [0.25, 0.3) is 10.8 Å². The number of carbonyl (C=O) groups is 1. The molecule has 1 amide bonds. The first-order chi connectivity index (χ1) is 12.6. The van der Waals surface area contributed by atoms with E-state index >= 15 is 0 Å². The van der Waals surface area contributed by atoms with Crippen molar-refractivity contribution in [1.29, 1.82) is 5.26 Å². The van der Waals surface area contributed by atoms with Crippen LogP contribution in [0, 0.1) is 11.3 Å². The zero-order chi connectivity index (χ0) is 18.5. The molecule has 2 aromatic rings. The number of pyridine rings is 1. The Morgan fingerprint density at radius 2 is 2.35 bits per heavy atom. The number of carbonyl (C=O) groups excluding carboxylic acids is 1. The van der Waals surface area contributed by atoms with Crippen LogP contribution in [-0.2, 0) is 9.47 Å². The molecule has 0 radical (unpaired) electrons. The number of ether oxygens (including phenoxy) is 3. The first-order valence-corrected chi connectivity index (χ1v) is 8.39. The molecule has 1 aliphatic rings. The molecule has 0 saturated carbocycles. The lowest BCUT2D eigenvalue weighted by Gasteiger charge is -2.21. The Balaban J connectivity index is 1.74. The molecule has 1 fully saturated rings. The van der Waals surface area contributed by atoms with Gasteiger partial charge in [-0.2, -0.15) is 5.26 Å². The normalized spacial score (nSPS) is 16.5. The minimum Gasteiger partial charge on any atom is -0.507 e. The molecular formula is C17H16ClN3O5. The maximum absolute atomic E-state index is 11.8. The molecule has 0 spiro atoms. The number of aromatic hydroxyl groups is 1. The minimum absolute atomic E-state index is 0.0643. The Kier molecular flexibility index (Phi) is 5.61. The number of nitrogens with zero attached hydrogens (tertiary/aromatic N) is 3. The number of nitriles is 1. The van der Waals surface area contributed by atoms with Gasteiger partial charge in [0.05, 0.1) is 12.2 Å². The first kappa shape index (κ1) is 18.0. The van der Waals surface area contributed by atoms with Crippen LogP contribution in [0.15, 0.2) is 24.4 Å². The van der Waals surface area contributed by atoms with Gasteiger partial charge in [0, 0.05) is 17.5 Å². The largest absolute Gasteiger partial charge is 0.507 e. The molecule has 26 heavy (non-hydrogen) atoms. The number of hydrogen-bond acceptors (Lipinski definition) is 7. The van der Waals surface area contributed by atoms with Crippen molar-refractivity contribution in [2.75, 3.05) is 32.4 Å². The standard InChI is InChI=1S/C17H16ClN3O5/c18-2-4-24-10-21-13(9-26-17(21)23)8-25-16-14-6-15(22)12(7-19)5-11(14)1-3-20-16/h1,3,5-6,13,22H,2,4,8-10H2.